The molecule has 3 heteroatoms. The predicted molar refractivity (Wildman–Crippen MR) is 52.6 cm³/mol. The van der Waals surface area contributed by atoms with Gasteiger partial charge in [0.1, 0.15) is 0 Å². The van der Waals surface area contributed by atoms with E-state index in [-0.39, 0.29) is 0 Å². The molecule has 1 aromatic carbocycles. The molecule has 0 N–H and O–H groups in total. The second kappa shape index (κ2) is 5.38. The largest absolute Gasteiger partial charge is 0.380 e. The van der Waals surface area contributed by atoms with Gasteiger partial charge in [0.15, 0.2) is 0 Å². The van der Waals surface area contributed by atoms with Crippen LogP contribution in [0.4, 0.5) is 0 Å². The molecule has 0 bridgehead atoms. The molecular weight excluding hydrogens is 178 g/mol. The average molecular weight is 191 g/mol. The maximum atomic E-state index is 8.99. The Kier molecular flexibility index (Phi) is 4.11. The lowest BCUT2D eigenvalue weighted by Gasteiger charge is -2.07. The van der Waals surface area contributed by atoms with Crippen molar-refractivity contribution < 1.29 is 9.47 Å². The van der Waals surface area contributed by atoms with Gasteiger partial charge in [-0.3, -0.25) is 0 Å². The predicted octanol–water partition coefficient (Wildman–Crippen LogP) is 1.85. The number of benzene rings is 1. The minimum atomic E-state index is 0.459. The second-order valence-electron chi connectivity index (χ2n) is 2.93. The summed E-state index contributed by atoms with van der Waals surface area (Å²) >= 11 is 0. The number of rotatable bonds is 4. The second-order valence-corrected chi connectivity index (χ2v) is 2.93. The summed E-state index contributed by atoms with van der Waals surface area (Å²) in [7, 11) is 3.23. The number of methoxy groups -OCH3 is 2. The molecule has 0 heterocycles. The Hall–Kier alpha value is -1.37. The first-order valence-corrected chi connectivity index (χ1v) is 4.32. The van der Waals surface area contributed by atoms with Crippen LogP contribution in [0.25, 0.3) is 0 Å². The smallest absolute Gasteiger partial charge is 0.0999 e. The highest BCUT2D eigenvalue weighted by molar-refractivity contribution is 5.43. The van der Waals surface area contributed by atoms with Gasteiger partial charge in [-0.05, 0) is 11.1 Å². The average Bonchev–Trinajstić information content (AvgIpc) is 2.19. The zero-order valence-corrected chi connectivity index (χ0v) is 8.41. The standard InChI is InChI=1S/C11H13NO2/c1-13-7-9-4-3-5-10(8-14-2)11(9)6-12/h3-5H,7-8H2,1-2H3. The van der Waals surface area contributed by atoms with E-state index >= 15 is 0 Å². The SMILES string of the molecule is COCc1cccc(COC)c1C#N. The highest BCUT2D eigenvalue weighted by atomic mass is 16.5. The van der Waals surface area contributed by atoms with Gasteiger partial charge < -0.3 is 9.47 Å². The van der Waals surface area contributed by atoms with Crippen molar-refractivity contribution in [1.29, 1.82) is 5.26 Å². The first-order chi connectivity index (χ1) is 6.83. The molecule has 0 spiro atoms. The molecule has 0 saturated heterocycles. The minimum absolute atomic E-state index is 0.459. The van der Waals surface area contributed by atoms with E-state index in [9.17, 15) is 0 Å². The molecular formula is C11H13NO2. The number of hydrogen-bond acceptors (Lipinski definition) is 3. The van der Waals surface area contributed by atoms with Crippen molar-refractivity contribution in [3.05, 3.63) is 34.9 Å². The van der Waals surface area contributed by atoms with Gasteiger partial charge in [0, 0.05) is 14.2 Å². The number of ether oxygens (including phenoxy) is 2. The van der Waals surface area contributed by atoms with Gasteiger partial charge >= 0.3 is 0 Å². The molecule has 0 unspecified atom stereocenters. The van der Waals surface area contributed by atoms with Crippen LogP contribution >= 0.6 is 0 Å². The van der Waals surface area contributed by atoms with E-state index in [1.165, 1.54) is 0 Å². The van der Waals surface area contributed by atoms with Crippen LogP contribution in [0.2, 0.25) is 0 Å². The van der Waals surface area contributed by atoms with E-state index in [0.717, 1.165) is 11.1 Å². The normalized spacial score (nSPS) is 9.79. The van der Waals surface area contributed by atoms with Crippen LogP contribution in [-0.2, 0) is 22.7 Å². The Labute approximate surface area is 83.9 Å². The topological polar surface area (TPSA) is 42.2 Å². The molecule has 0 atom stereocenters. The lowest BCUT2D eigenvalue weighted by molar-refractivity contribution is 0.179. The van der Waals surface area contributed by atoms with Gasteiger partial charge in [0.05, 0.1) is 24.8 Å². The maximum absolute atomic E-state index is 8.99. The number of nitrogens with zero attached hydrogens (tertiary/aromatic N) is 1. The van der Waals surface area contributed by atoms with E-state index in [0.29, 0.717) is 18.8 Å². The van der Waals surface area contributed by atoms with Crippen LogP contribution in [0.15, 0.2) is 18.2 Å². The molecule has 0 aromatic heterocycles. The molecule has 0 fully saturated rings. The Balaban J connectivity index is 3.06. The fourth-order valence-corrected chi connectivity index (χ4v) is 1.35. The van der Waals surface area contributed by atoms with Crippen LogP contribution in [0.3, 0.4) is 0 Å². The molecule has 0 amide bonds. The lowest BCUT2D eigenvalue weighted by Crippen LogP contribution is -1.98. The van der Waals surface area contributed by atoms with Crippen molar-refractivity contribution in [2.75, 3.05) is 14.2 Å². The van der Waals surface area contributed by atoms with Crippen molar-refractivity contribution in [1.82, 2.24) is 0 Å². The first kappa shape index (κ1) is 10.7. The molecule has 74 valence electrons. The van der Waals surface area contributed by atoms with Crippen molar-refractivity contribution >= 4 is 0 Å². The first-order valence-electron chi connectivity index (χ1n) is 4.32. The molecule has 0 aliphatic carbocycles. The van der Waals surface area contributed by atoms with Gasteiger partial charge in [0.2, 0.25) is 0 Å². The number of nitriles is 1. The Morgan fingerprint density at radius 3 is 2.00 bits per heavy atom. The molecule has 14 heavy (non-hydrogen) atoms. The highest BCUT2D eigenvalue weighted by Crippen LogP contribution is 2.15. The Morgan fingerprint density at radius 1 is 1.14 bits per heavy atom. The van der Waals surface area contributed by atoms with Crippen LogP contribution in [0.1, 0.15) is 16.7 Å². The summed E-state index contributed by atoms with van der Waals surface area (Å²) in [6.07, 6.45) is 0. The summed E-state index contributed by atoms with van der Waals surface area (Å²) in [5.74, 6) is 0. The minimum Gasteiger partial charge on any atom is -0.380 e. The fourth-order valence-electron chi connectivity index (χ4n) is 1.35. The van der Waals surface area contributed by atoms with Crippen LogP contribution < -0.4 is 0 Å². The van der Waals surface area contributed by atoms with E-state index in [2.05, 4.69) is 6.07 Å². The van der Waals surface area contributed by atoms with Crippen LogP contribution in [-0.4, -0.2) is 14.2 Å². The van der Waals surface area contributed by atoms with E-state index in [1.807, 2.05) is 18.2 Å². The van der Waals surface area contributed by atoms with Crippen molar-refractivity contribution in [3.8, 4) is 6.07 Å². The maximum Gasteiger partial charge on any atom is 0.0999 e. The van der Waals surface area contributed by atoms with E-state index in [1.54, 1.807) is 14.2 Å². The van der Waals surface area contributed by atoms with Gasteiger partial charge in [-0.15, -0.1) is 0 Å². The quantitative estimate of drug-likeness (QED) is 0.729. The van der Waals surface area contributed by atoms with Gasteiger partial charge in [0.25, 0.3) is 0 Å². The lowest BCUT2D eigenvalue weighted by atomic mass is 10.0. The molecule has 0 aliphatic heterocycles. The fraction of sp³-hybridized carbons (Fsp3) is 0.364. The van der Waals surface area contributed by atoms with Crippen molar-refractivity contribution in [2.24, 2.45) is 0 Å². The molecule has 1 rings (SSSR count). The molecule has 0 saturated carbocycles. The molecule has 1 aromatic rings. The van der Waals surface area contributed by atoms with Gasteiger partial charge in [-0.2, -0.15) is 5.26 Å². The monoisotopic (exact) mass is 191 g/mol. The van der Waals surface area contributed by atoms with E-state index in [4.69, 9.17) is 14.7 Å². The third kappa shape index (κ3) is 2.32. The zero-order valence-electron chi connectivity index (χ0n) is 8.41. The summed E-state index contributed by atoms with van der Waals surface area (Å²) in [5.41, 5.74) is 2.48. The molecule has 3 nitrogen and oxygen atoms in total. The van der Waals surface area contributed by atoms with Gasteiger partial charge in [-0.1, -0.05) is 18.2 Å². The third-order valence-electron chi connectivity index (χ3n) is 1.95. The molecule has 0 aliphatic rings. The van der Waals surface area contributed by atoms with Crippen LogP contribution in [0, 0.1) is 11.3 Å². The summed E-state index contributed by atoms with van der Waals surface area (Å²) < 4.78 is 10.0. The third-order valence-corrected chi connectivity index (χ3v) is 1.95. The zero-order chi connectivity index (χ0) is 10.4. The summed E-state index contributed by atoms with van der Waals surface area (Å²) in [6, 6.07) is 7.86. The van der Waals surface area contributed by atoms with Gasteiger partial charge in [-0.25, -0.2) is 0 Å². The van der Waals surface area contributed by atoms with Crippen molar-refractivity contribution in [2.45, 2.75) is 13.2 Å². The molecule has 0 radical (unpaired) electrons. The Morgan fingerprint density at radius 2 is 1.64 bits per heavy atom. The number of hydrogen-bond donors (Lipinski definition) is 0. The van der Waals surface area contributed by atoms with Crippen molar-refractivity contribution in [3.63, 3.8) is 0 Å². The Bertz CT molecular complexity index is 317. The summed E-state index contributed by atoms with van der Waals surface area (Å²) in [5, 5.41) is 8.99. The van der Waals surface area contributed by atoms with E-state index < -0.39 is 0 Å². The van der Waals surface area contributed by atoms with Crippen LogP contribution in [0.5, 0.6) is 0 Å². The summed E-state index contributed by atoms with van der Waals surface area (Å²) in [4.78, 5) is 0. The summed E-state index contributed by atoms with van der Waals surface area (Å²) in [6.45, 7) is 0.918. The highest BCUT2D eigenvalue weighted by Gasteiger charge is 2.06.